The summed E-state index contributed by atoms with van der Waals surface area (Å²) in [6.07, 6.45) is -0.740. The molecule has 0 heterocycles. The van der Waals surface area contributed by atoms with Crippen LogP contribution in [-0.4, -0.2) is 29.4 Å². The van der Waals surface area contributed by atoms with Gasteiger partial charge in [0.2, 0.25) is 0 Å². The molecule has 0 radical (unpaired) electrons. The lowest BCUT2D eigenvalue weighted by molar-refractivity contribution is -0.137. The molecular weight excluding hydrogens is 366 g/mol. The number of methoxy groups -OCH3 is 1. The Bertz CT molecular complexity index is 776. The lowest BCUT2D eigenvalue weighted by Gasteiger charge is -2.21. The molecule has 2 aromatic rings. The molecule has 0 saturated carbocycles. The zero-order valence-electron chi connectivity index (χ0n) is 15.6. The van der Waals surface area contributed by atoms with E-state index in [0.29, 0.717) is 11.1 Å². The van der Waals surface area contributed by atoms with Crippen LogP contribution in [0.25, 0.3) is 0 Å². The molecule has 0 spiro atoms. The lowest BCUT2D eigenvalue weighted by Crippen LogP contribution is -2.28. The maximum atomic E-state index is 12.7. The molecule has 144 valence electrons. The number of rotatable bonds is 8. The molecule has 0 aliphatic carbocycles. The van der Waals surface area contributed by atoms with Crippen LogP contribution in [0.1, 0.15) is 36.6 Å². The van der Waals surface area contributed by atoms with Crippen molar-refractivity contribution >= 4 is 23.5 Å². The molecule has 27 heavy (non-hydrogen) atoms. The van der Waals surface area contributed by atoms with E-state index in [0.717, 1.165) is 15.7 Å². The SMILES string of the molecule is COC(C(=O)N(Cl)Cc1ccc(C(=N)N)cc1)c1ccc(OC(C)C)cc1. The Morgan fingerprint density at radius 2 is 1.74 bits per heavy atom. The van der Waals surface area contributed by atoms with E-state index in [1.165, 1.54) is 7.11 Å². The Balaban J connectivity index is 2.07. The van der Waals surface area contributed by atoms with E-state index in [9.17, 15) is 4.79 Å². The summed E-state index contributed by atoms with van der Waals surface area (Å²) in [4.78, 5) is 12.7. The standard InChI is InChI=1S/C20H24ClN3O3/c1-13(2)27-17-10-8-15(9-11-17)18(26-3)20(25)24(21)12-14-4-6-16(7-5-14)19(22)23/h4-11,13,18H,12H2,1-3H3,(H3,22,23). The molecular formula is C20H24ClN3O3. The predicted octanol–water partition coefficient (Wildman–Crippen LogP) is 3.63. The van der Waals surface area contributed by atoms with Crippen molar-refractivity contribution in [1.29, 1.82) is 5.41 Å². The van der Waals surface area contributed by atoms with Crippen molar-refractivity contribution in [3.63, 3.8) is 0 Å². The molecule has 0 aliphatic heterocycles. The van der Waals surface area contributed by atoms with Crippen molar-refractivity contribution in [2.75, 3.05) is 7.11 Å². The molecule has 2 aromatic carbocycles. The van der Waals surface area contributed by atoms with Crippen LogP contribution in [0.15, 0.2) is 48.5 Å². The number of ether oxygens (including phenoxy) is 2. The van der Waals surface area contributed by atoms with Crippen molar-refractivity contribution in [3.05, 3.63) is 65.2 Å². The van der Waals surface area contributed by atoms with Gasteiger partial charge in [-0.1, -0.05) is 36.4 Å². The first-order valence-corrected chi connectivity index (χ1v) is 8.85. The van der Waals surface area contributed by atoms with Crippen LogP contribution in [0, 0.1) is 5.41 Å². The number of nitrogen functional groups attached to an aromatic ring is 1. The maximum absolute atomic E-state index is 12.7. The van der Waals surface area contributed by atoms with E-state index in [4.69, 9.17) is 32.4 Å². The molecule has 0 fully saturated rings. The average Bonchev–Trinajstić information content (AvgIpc) is 2.63. The van der Waals surface area contributed by atoms with Gasteiger partial charge in [-0.2, -0.15) is 0 Å². The quantitative estimate of drug-likeness (QED) is 0.410. The van der Waals surface area contributed by atoms with Gasteiger partial charge in [-0.05, 0) is 37.1 Å². The van der Waals surface area contributed by atoms with Gasteiger partial charge in [0.1, 0.15) is 11.6 Å². The van der Waals surface area contributed by atoms with Crippen LogP contribution in [0.2, 0.25) is 0 Å². The smallest absolute Gasteiger partial charge is 0.270 e. The van der Waals surface area contributed by atoms with Gasteiger partial charge in [0.25, 0.3) is 5.91 Å². The number of amides is 1. The third kappa shape index (κ3) is 5.70. The normalized spacial score (nSPS) is 11.9. The number of hydrogen-bond donors (Lipinski definition) is 2. The average molecular weight is 390 g/mol. The van der Waals surface area contributed by atoms with Crippen molar-refractivity contribution in [3.8, 4) is 5.75 Å². The number of hydrogen-bond acceptors (Lipinski definition) is 4. The molecule has 2 rings (SSSR count). The van der Waals surface area contributed by atoms with Crippen LogP contribution < -0.4 is 10.5 Å². The Kier molecular flexibility index (Phi) is 7.21. The first kappa shape index (κ1) is 20.7. The molecule has 1 atom stereocenters. The molecule has 1 amide bonds. The summed E-state index contributed by atoms with van der Waals surface area (Å²) >= 11 is 6.20. The number of nitrogens with zero attached hydrogens (tertiary/aromatic N) is 1. The fourth-order valence-corrected chi connectivity index (χ4v) is 2.75. The lowest BCUT2D eigenvalue weighted by atomic mass is 10.1. The summed E-state index contributed by atoms with van der Waals surface area (Å²) in [5, 5.41) is 7.41. The minimum absolute atomic E-state index is 0.00954. The Morgan fingerprint density at radius 1 is 1.15 bits per heavy atom. The Hall–Kier alpha value is -2.57. The van der Waals surface area contributed by atoms with Gasteiger partial charge < -0.3 is 15.2 Å². The van der Waals surface area contributed by atoms with Crippen LogP contribution in [0.5, 0.6) is 5.75 Å². The van der Waals surface area contributed by atoms with Crippen molar-refractivity contribution in [2.24, 2.45) is 5.73 Å². The fourth-order valence-electron chi connectivity index (χ4n) is 2.53. The van der Waals surface area contributed by atoms with E-state index >= 15 is 0 Å². The largest absolute Gasteiger partial charge is 0.491 e. The van der Waals surface area contributed by atoms with Gasteiger partial charge in [0, 0.05) is 24.4 Å². The highest BCUT2D eigenvalue weighted by atomic mass is 35.5. The molecule has 6 nitrogen and oxygen atoms in total. The number of halogens is 1. The number of benzene rings is 2. The van der Waals surface area contributed by atoms with Crippen molar-refractivity contribution in [1.82, 2.24) is 4.42 Å². The maximum Gasteiger partial charge on any atom is 0.270 e. The summed E-state index contributed by atoms with van der Waals surface area (Å²) in [5.74, 6) is 0.348. The second-order valence-corrected chi connectivity index (χ2v) is 6.73. The summed E-state index contributed by atoms with van der Waals surface area (Å²) < 4.78 is 12.1. The molecule has 0 saturated heterocycles. The Morgan fingerprint density at radius 3 is 2.22 bits per heavy atom. The van der Waals surface area contributed by atoms with Crippen LogP contribution in [0.3, 0.4) is 0 Å². The summed E-state index contributed by atoms with van der Waals surface area (Å²) in [6, 6.07) is 14.2. The van der Waals surface area contributed by atoms with E-state index in [1.807, 2.05) is 13.8 Å². The number of nitrogens with two attached hydrogens (primary N) is 1. The van der Waals surface area contributed by atoms with Crippen molar-refractivity contribution in [2.45, 2.75) is 32.6 Å². The van der Waals surface area contributed by atoms with E-state index in [2.05, 4.69) is 0 Å². The van der Waals surface area contributed by atoms with Gasteiger partial charge in [0.15, 0.2) is 6.10 Å². The molecule has 0 bridgehead atoms. The fraction of sp³-hybridized carbons (Fsp3) is 0.300. The zero-order valence-corrected chi connectivity index (χ0v) is 16.4. The highest BCUT2D eigenvalue weighted by Crippen LogP contribution is 2.24. The van der Waals surface area contributed by atoms with E-state index in [-0.39, 0.29) is 24.4 Å². The van der Waals surface area contributed by atoms with E-state index < -0.39 is 6.10 Å². The topological polar surface area (TPSA) is 88.6 Å². The van der Waals surface area contributed by atoms with Gasteiger partial charge >= 0.3 is 0 Å². The second-order valence-electron chi connectivity index (χ2n) is 6.32. The first-order valence-electron chi connectivity index (χ1n) is 8.51. The number of carbonyl (C=O) groups excluding carboxylic acids is 1. The van der Waals surface area contributed by atoms with E-state index in [1.54, 1.807) is 48.5 Å². The molecule has 1 unspecified atom stereocenters. The zero-order chi connectivity index (χ0) is 20.0. The molecule has 0 aromatic heterocycles. The second kappa shape index (κ2) is 9.39. The number of amidine groups is 1. The van der Waals surface area contributed by atoms with Gasteiger partial charge in [-0.25, -0.2) is 4.42 Å². The minimum atomic E-state index is -0.813. The monoisotopic (exact) mass is 389 g/mol. The van der Waals surface area contributed by atoms with Crippen LogP contribution >= 0.6 is 11.8 Å². The third-order valence-electron chi connectivity index (χ3n) is 3.84. The third-order valence-corrected chi connectivity index (χ3v) is 4.13. The van der Waals surface area contributed by atoms with Gasteiger partial charge in [-0.15, -0.1) is 0 Å². The molecule has 7 heteroatoms. The minimum Gasteiger partial charge on any atom is -0.491 e. The highest BCUT2D eigenvalue weighted by Gasteiger charge is 2.25. The van der Waals surface area contributed by atoms with Crippen molar-refractivity contribution < 1.29 is 14.3 Å². The highest BCUT2D eigenvalue weighted by molar-refractivity contribution is 6.21. The van der Waals surface area contributed by atoms with Crippen LogP contribution in [-0.2, 0) is 16.1 Å². The number of nitrogens with one attached hydrogen (secondary N) is 1. The van der Waals surface area contributed by atoms with Gasteiger partial charge in [0.05, 0.1) is 12.6 Å². The van der Waals surface area contributed by atoms with Crippen LogP contribution in [0.4, 0.5) is 0 Å². The summed E-state index contributed by atoms with van der Waals surface area (Å²) in [7, 11) is 1.47. The summed E-state index contributed by atoms with van der Waals surface area (Å²) in [5.41, 5.74) is 7.56. The first-order chi connectivity index (χ1) is 12.8. The van der Waals surface area contributed by atoms with Gasteiger partial charge in [-0.3, -0.25) is 10.2 Å². The molecule has 3 N–H and O–H groups in total. The molecule has 0 aliphatic rings. The summed E-state index contributed by atoms with van der Waals surface area (Å²) in [6.45, 7) is 4.10. The number of carbonyl (C=O) groups is 1. The Labute approximate surface area is 164 Å². The predicted molar refractivity (Wildman–Crippen MR) is 106 cm³/mol.